The van der Waals surface area contributed by atoms with Crippen LogP contribution in [0.1, 0.15) is 31.5 Å². The van der Waals surface area contributed by atoms with Crippen LogP contribution < -0.4 is 0 Å². The summed E-state index contributed by atoms with van der Waals surface area (Å²) in [5, 5.41) is 0. The summed E-state index contributed by atoms with van der Waals surface area (Å²) < 4.78 is 2.36. The lowest BCUT2D eigenvalue weighted by atomic mass is 10.1. The van der Waals surface area contributed by atoms with Gasteiger partial charge in [0.2, 0.25) is 0 Å². The zero-order valence-corrected chi connectivity index (χ0v) is 9.11. The van der Waals surface area contributed by atoms with Crippen LogP contribution >= 0.6 is 0 Å². The average molecular weight is 193 g/mol. The maximum Gasteiger partial charge on any atom is 0.0951 e. The summed E-state index contributed by atoms with van der Waals surface area (Å²) in [7, 11) is 2.20. The molecule has 0 bridgehead atoms. The monoisotopic (exact) mass is 193 g/mol. The Morgan fingerprint density at radius 3 is 3.14 bits per heavy atom. The van der Waals surface area contributed by atoms with Gasteiger partial charge >= 0.3 is 0 Å². The molecule has 0 N–H and O–H groups in total. The highest BCUT2D eigenvalue weighted by Gasteiger charge is 2.19. The number of aromatic nitrogens is 2. The second-order valence-corrected chi connectivity index (χ2v) is 4.20. The molecule has 0 aliphatic carbocycles. The van der Waals surface area contributed by atoms with Gasteiger partial charge in [0.05, 0.1) is 6.33 Å². The Labute approximate surface area is 85.7 Å². The first kappa shape index (κ1) is 9.71. The van der Waals surface area contributed by atoms with E-state index < -0.39 is 0 Å². The third kappa shape index (κ3) is 1.82. The largest absolute Gasteiger partial charge is 0.330 e. The van der Waals surface area contributed by atoms with E-state index in [0.29, 0.717) is 6.04 Å². The van der Waals surface area contributed by atoms with E-state index in [9.17, 15) is 0 Å². The van der Waals surface area contributed by atoms with Crippen LogP contribution in [0.3, 0.4) is 0 Å². The van der Waals surface area contributed by atoms with E-state index in [1.54, 1.807) is 0 Å². The van der Waals surface area contributed by atoms with E-state index in [-0.39, 0.29) is 0 Å². The molecule has 2 rings (SSSR count). The highest BCUT2D eigenvalue weighted by molar-refractivity contribution is 5.00. The SMILES string of the molecule is CCc1cncn1C1CCCN(C)C1. The van der Waals surface area contributed by atoms with Crippen molar-refractivity contribution in [2.75, 3.05) is 20.1 Å². The molecule has 2 heterocycles. The first-order valence-electron chi connectivity index (χ1n) is 5.50. The van der Waals surface area contributed by atoms with Gasteiger partial charge in [-0.3, -0.25) is 0 Å². The van der Waals surface area contributed by atoms with Gasteiger partial charge in [-0.1, -0.05) is 6.92 Å². The van der Waals surface area contributed by atoms with Crippen molar-refractivity contribution in [1.82, 2.24) is 14.5 Å². The summed E-state index contributed by atoms with van der Waals surface area (Å²) in [6.45, 7) is 4.61. The maximum atomic E-state index is 4.24. The van der Waals surface area contributed by atoms with Crippen LogP contribution in [-0.2, 0) is 6.42 Å². The Balaban J connectivity index is 2.13. The van der Waals surface area contributed by atoms with Gasteiger partial charge < -0.3 is 9.47 Å². The summed E-state index contributed by atoms with van der Waals surface area (Å²) in [5.41, 5.74) is 1.37. The highest BCUT2D eigenvalue weighted by atomic mass is 15.2. The topological polar surface area (TPSA) is 21.1 Å². The van der Waals surface area contributed by atoms with Crippen molar-refractivity contribution in [2.45, 2.75) is 32.2 Å². The molecule has 14 heavy (non-hydrogen) atoms. The Morgan fingerprint density at radius 1 is 1.57 bits per heavy atom. The molecule has 1 aromatic heterocycles. The molecule has 1 aliphatic rings. The molecule has 3 nitrogen and oxygen atoms in total. The average Bonchev–Trinajstić information content (AvgIpc) is 2.65. The lowest BCUT2D eigenvalue weighted by Crippen LogP contribution is -2.33. The molecule has 1 fully saturated rings. The number of nitrogens with zero attached hydrogens (tertiary/aromatic N) is 3. The van der Waals surface area contributed by atoms with Gasteiger partial charge in [0, 0.05) is 24.5 Å². The predicted molar refractivity (Wildman–Crippen MR) is 57.4 cm³/mol. The molecule has 0 radical (unpaired) electrons. The molecule has 1 saturated heterocycles. The van der Waals surface area contributed by atoms with Crippen molar-refractivity contribution in [1.29, 1.82) is 0 Å². The molecule has 1 unspecified atom stereocenters. The fourth-order valence-corrected chi connectivity index (χ4v) is 2.30. The molecule has 0 aromatic carbocycles. The number of likely N-dealkylation sites (N-methyl/N-ethyl adjacent to an activating group) is 1. The standard InChI is InChI=1S/C11H19N3/c1-3-10-7-12-9-14(10)11-5-4-6-13(2)8-11/h7,9,11H,3-6,8H2,1-2H3. The van der Waals surface area contributed by atoms with Gasteiger partial charge in [-0.2, -0.15) is 0 Å². The Hall–Kier alpha value is -0.830. The maximum absolute atomic E-state index is 4.24. The summed E-state index contributed by atoms with van der Waals surface area (Å²) >= 11 is 0. The van der Waals surface area contributed by atoms with Crippen molar-refractivity contribution in [3.63, 3.8) is 0 Å². The Kier molecular flexibility index (Phi) is 2.87. The van der Waals surface area contributed by atoms with Gasteiger partial charge in [0.25, 0.3) is 0 Å². The minimum absolute atomic E-state index is 0.645. The van der Waals surface area contributed by atoms with Crippen molar-refractivity contribution in [2.24, 2.45) is 0 Å². The van der Waals surface area contributed by atoms with Gasteiger partial charge in [-0.15, -0.1) is 0 Å². The van der Waals surface area contributed by atoms with E-state index in [0.717, 1.165) is 6.42 Å². The minimum atomic E-state index is 0.645. The van der Waals surface area contributed by atoms with Crippen LogP contribution in [0.2, 0.25) is 0 Å². The Morgan fingerprint density at radius 2 is 2.43 bits per heavy atom. The summed E-state index contributed by atoms with van der Waals surface area (Å²) in [5.74, 6) is 0. The van der Waals surface area contributed by atoms with Gasteiger partial charge in [0.1, 0.15) is 0 Å². The van der Waals surface area contributed by atoms with E-state index in [4.69, 9.17) is 0 Å². The van der Waals surface area contributed by atoms with Gasteiger partial charge in [0.15, 0.2) is 0 Å². The molecular formula is C11H19N3. The van der Waals surface area contributed by atoms with Crippen LogP contribution in [0.4, 0.5) is 0 Å². The minimum Gasteiger partial charge on any atom is -0.330 e. The first-order valence-corrected chi connectivity index (χ1v) is 5.50. The zero-order chi connectivity index (χ0) is 9.97. The molecule has 1 aliphatic heterocycles. The number of hydrogen-bond donors (Lipinski definition) is 0. The molecule has 1 atom stereocenters. The molecule has 78 valence electrons. The number of likely N-dealkylation sites (tertiary alicyclic amines) is 1. The third-order valence-corrected chi connectivity index (χ3v) is 3.10. The molecule has 3 heteroatoms. The summed E-state index contributed by atoms with van der Waals surface area (Å²) in [4.78, 5) is 6.65. The lowest BCUT2D eigenvalue weighted by Gasteiger charge is -2.31. The smallest absolute Gasteiger partial charge is 0.0951 e. The lowest BCUT2D eigenvalue weighted by molar-refractivity contribution is 0.210. The van der Waals surface area contributed by atoms with Crippen molar-refractivity contribution >= 4 is 0 Å². The summed E-state index contributed by atoms with van der Waals surface area (Å²) in [6.07, 6.45) is 7.67. The Bertz CT molecular complexity index is 292. The zero-order valence-electron chi connectivity index (χ0n) is 9.11. The quantitative estimate of drug-likeness (QED) is 0.713. The fraction of sp³-hybridized carbons (Fsp3) is 0.727. The van der Waals surface area contributed by atoms with Crippen LogP contribution in [0.25, 0.3) is 0 Å². The molecule has 0 spiro atoms. The number of hydrogen-bond acceptors (Lipinski definition) is 2. The van der Waals surface area contributed by atoms with Crippen molar-refractivity contribution < 1.29 is 0 Å². The fourth-order valence-electron chi connectivity index (χ4n) is 2.30. The van der Waals surface area contributed by atoms with E-state index in [1.807, 2.05) is 12.5 Å². The molecule has 0 amide bonds. The second kappa shape index (κ2) is 4.13. The van der Waals surface area contributed by atoms with E-state index >= 15 is 0 Å². The normalized spacial score (nSPS) is 24.0. The molecule has 1 aromatic rings. The van der Waals surface area contributed by atoms with Gasteiger partial charge in [-0.05, 0) is 32.9 Å². The highest BCUT2D eigenvalue weighted by Crippen LogP contribution is 2.21. The van der Waals surface area contributed by atoms with Crippen molar-refractivity contribution in [3.05, 3.63) is 18.2 Å². The summed E-state index contributed by atoms with van der Waals surface area (Å²) in [6, 6.07) is 0.645. The number of aryl methyl sites for hydroxylation is 1. The van der Waals surface area contributed by atoms with Crippen LogP contribution in [0.15, 0.2) is 12.5 Å². The van der Waals surface area contributed by atoms with Gasteiger partial charge in [-0.25, -0.2) is 4.98 Å². The number of imidazole rings is 1. The first-order chi connectivity index (χ1) is 6.81. The predicted octanol–water partition coefficient (Wildman–Crippen LogP) is 1.71. The van der Waals surface area contributed by atoms with E-state index in [1.165, 1.54) is 31.6 Å². The number of piperidine rings is 1. The number of rotatable bonds is 2. The second-order valence-electron chi connectivity index (χ2n) is 4.20. The third-order valence-electron chi connectivity index (χ3n) is 3.10. The van der Waals surface area contributed by atoms with Crippen LogP contribution in [0.5, 0.6) is 0 Å². The van der Waals surface area contributed by atoms with E-state index in [2.05, 4.69) is 28.4 Å². The molecule has 0 saturated carbocycles. The van der Waals surface area contributed by atoms with Crippen molar-refractivity contribution in [3.8, 4) is 0 Å². The van der Waals surface area contributed by atoms with Crippen LogP contribution in [-0.4, -0.2) is 34.6 Å². The van der Waals surface area contributed by atoms with Crippen LogP contribution in [0, 0.1) is 0 Å². The molecular weight excluding hydrogens is 174 g/mol.